The minimum Gasteiger partial charge on any atom is -0.343 e. The summed E-state index contributed by atoms with van der Waals surface area (Å²) in [6, 6.07) is 9.96. The van der Waals surface area contributed by atoms with Crippen LogP contribution < -0.4 is 5.69 Å². The van der Waals surface area contributed by atoms with Crippen LogP contribution in [0.2, 0.25) is 0 Å². The monoisotopic (exact) mass is 312 g/mol. The van der Waals surface area contributed by atoms with Crippen molar-refractivity contribution in [3.63, 3.8) is 0 Å². The van der Waals surface area contributed by atoms with Gasteiger partial charge in [0, 0.05) is 23.8 Å². The fourth-order valence-electron chi connectivity index (χ4n) is 2.44. The second kappa shape index (κ2) is 7.24. The van der Waals surface area contributed by atoms with Crippen LogP contribution in [0, 0.1) is 6.92 Å². The summed E-state index contributed by atoms with van der Waals surface area (Å²) in [5, 5.41) is 0.935. The van der Waals surface area contributed by atoms with Gasteiger partial charge in [0.15, 0.2) is 0 Å². The minimum absolute atomic E-state index is 0.273. The molecule has 0 fully saturated rings. The second-order valence-electron chi connectivity index (χ2n) is 5.55. The SMILES string of the molecule is CC.Cc1cc2cn(-c3ccc(CN(C)C)cc3)c(=O)nc2[nH]1. The highest BCUT2D eigenvalue weighted by atomic mass is 16.1. The van der Waals surface area contributed by atoms with Crippen molar-refractivity contribution in [3.8, 4) is 5.69 Å². The Balaban J connectivity index is 0.000000924. The number of H-pyrrole nitrogens is 1. The Morgan fingerprint density at radius 1 is 1.17 bits per heavy atom. The maximum absolute atomic E-state index is 12.1. The fraction of sp³-hybridized carbons (Fsp3) is 0.333. The number of aryl methyl sites for hydroxylation is 1. The molecule has 5 heteroatoms. The molecule has 0 amide bonds. The third-order valence-corrected chi connectivity index (χ3v) is 3.36. The molecule has 122 valence electrons. The molecular weight excluding hydrogens is 288 g/mol. The largest absolute Gasteiger partial charge is 0.354 e. The van der Waals surface area contributed by atoms with Crippen LogP contribution >= 0.6 is 0 Å². The van der Waals surface area contributed by atoms with Crippen LogP contribution in [0.5, 0.6) is 0 Å². The lowest BCUT2D eigenvalue weighted by atomic mass is 10.2. The minimum atomic E-state index is -0.273. The van der Waals surface area contributed by atoms with Gasteiger partial charge in [-0.05, 0) is 44.8 Å². The standard InChI is InChI=1S/C16H18N4O.C2H6/c1-11-8-13-10-20(16(21)18-15(13)17-11)14-6-4-12(5-7-14)9-19(2)3;1-2/h4-8,10H,9H2,1-3H3,(H,17,18,21);1-2H3. The molecule has 2 heterocycles. The van der Waals surface area contributed by atoms with Crippen LogP contribution in [-0.2, 0) is 6.54 Å². The smallest absolute Gasteiger partial charge is 0.343 e. The van der Waals surface area contributed by atoms with Crippen molar-refractivity contribution in [3.05, 3.63) is 58.3 Å². The lowest BCUT2D eigenvalue weighted by Gasteiger charge is -2.10. The maximum atomic E-state index is 12.1. The topological polar surface area (TPSA) is 53.9 Å². The molecule has 0 unspecified atom stereocenters. The Labute approximate surface area is 136 Å². The number of rotatable bonds is 3. The molecule has 5 nitrogen and oxygen atoms in total. The van der Waals surface area contributed by atoms with E-state index >= 15 is 0 Å². The number of aromatic nitrogens is 3. The summed E-state index contributed by atoms with van der Waals surface area (Å²) < 4.78 is 1.58. The van der Waals surface area contributed by atoms with E-state index in [1.165, 1.54) is 5.56 Å². The van der Waals surface area contributed by atoms with E-state index in [1.54, 1.807) is 4.57 Å². The molecule has 2 aromatic heterocycles. The second-order valence-corrected chi connectivity index (χ2v) is 5.55. The van der Waals surface area contributed by atoms with Crippen molar-refractivity contribution < 1.29 is 0 Å². The first-order chi connectivity index (χ1) is 11.0. The highest BCUT2D eigenvalue weighted by Crippen LogP contribution is 2.14. The van der Waals surface area contributed by atoms with Crippen molar-refractivity contribution in [2.75, 3.05) is 14.1 Å². The average Bonchev–Trinajstić information content (AvgIpc) is 2.88. The van der Waals surface area contributed by atoms with Crippen molar-refractivity contribution in [1.29, 1.82) is 0 Å². The number of fused-ring (bicyclic) bond motifs is 1. The van der Waals surface area contributed by atoms with Gasteiger partial charge in [0.2, 0.25) is 0 Å². The molecule has 0 radical (unpaired) electrons. The summed E-state index contributed by atoms with van der Waals surface area (Å²) in [5.74, 6) is 0. The molecule has 0 spiro atoms. The normalized spacial score (nSPS) is 10.7. The molecule has 0 aliphatic carbocycles. The molecule has 0 bridgehead atoms. The number of aromatic amines is 1. The number of nitrogens with zero attached hydrogens (tertiary/aromatic N) is 3. The van der Waals surface area contributed by atoms with E-state index in [2.05, 4.69) is 14.9 Å². The van der Waals surface area contributed by atoms with Gasteiger partial charge in [0.05, 0.1) is 5.69 Å². The van der Waals surface area contributed by atoms with Gasteiger partial charge in [-0.15, -0.1) is 0 Å². The molecule has 0 saturated carbocycles. The highest BCUT2D eigenvalue weighted by molar-refractivity contribution is 5.75. The van der Waals surface area contributed by atoms with E-state index in [0.29, 0.717) is 5.65 Å². The number of benzene rings is 1. The van der Waals surface area contributed by atoms with Gasteiger partial charge in [0.1, 0.15) is 5.65 Å². The molecule has 1 aromatic carbocycles. The van der Waals surface area contributed by atoms with Crippen LogP contribution in [0.15, 0.2) is 41.3 Å². The van der Waals surface area contributed by atoms with Gasteiger partial charge >= 0.3 is 5.69 Å². The molecule has 0 atom stereocenters. The van der Waals surface area contributed by atoms with E-state index in [1.807, 2.05) is 71.4 Å². The first-order valence-electron chi connectivity index (χ1n) is 7.86. The number of hydrogen-bond donors (Lipinski definition) is 1. The zero-order chi connectivity index (χ0) is 17.0. The number of nitrogens with one attached hydrogen (secondary N) is 1. The van der Waals surface area contributed by atoms with Gasteiger partial charge in [0.25, 0.3) is 0 Å². The van der Waals surface area contributed by atoms with Gasteiger partial charge in [-0.1, -0.05) is 26.0 Å². The highest BCUT2D eigenvalue weighted by Gasteiger charge is 2.06. The maximum Gasteiger partial charge on any atom is 0.354 e. The summed E-state index contributed by atoms with van der Waals surface area (Å²) in [5.41, 5.74) is 3.40. The zero-order valence-corrected chi connectivity index (χ0v) is 14.4. The predicted octanol–water partition coefficient (Wildman–Crippen LogP) is 3.11. The molecular formula is C18H24N4O. The molecule has 3 aromatic rings. The van der Waals surface area contributed by atoms with E-state index < -0.39 is 0 Å². The molecule has 1 N–H and O–H groups in total. The van der Waals surface area contributed by atoms with Crippen molar-refractivity contribution in [1.82, 2.24) is 19.4 Å². The first kappa shape index (κ1) is 17.0. The predicted molar refractivity (Wildman–Crippen MR) is 95.2 cm³/mol. The van der Waals surface area contributed by atoms with Crippen LogP contribution in [0.1, 0.15) is 25.1 Å². The summed E-state index contributed by atoms with van der Waals surface area (Å²) in [6.07, 6.45) is 1.83. The van der Waals surface area contributed by atoms with Crippen LogP contribution in [0.25, 0.3) is 16.7 Å². The Hall–Kier alpha value is -2.40. The molecule has 3 rings (SSSR count). The third-order valence-electron chi connectivity index (χ3n) is 3.36. The van der Waals surface area contributed by atoms with Gasteiger partial charge < -0.3 is 9.88 Å². The summed E-state index contributed by atoms with van der Waals surface area (Å²) >= 11 is 0. The number of hydrogen-bond acceptors (Lipinski definition) is 3. The Morgan fingerprint density at radius 3 is 2.43 bits per heavy atom. The Morgan fingerprint density at radius 2 is 1.83 bits per heavy atom. The van der Waals surface area contributed by atoms with Gasteiger partial charge in [-0.2, -0.15) is 4.98 Å². The van der Waals surface area contributed by atoms with Crippen molar-refractivity contribution in [2.45, 2.75) is 27.3 Å². The molecule has 0 aliphatic rings. The van der Waals surface area contributed by atoms with E-state index in [9.17, 15) is 4.79 Å². The van der Waals surface area contributed by atoms with Crippen molar-refractivity contribution >= 4 is 11.0 Å². The third kappa shape index (κ3) is 3.87. The Bertz CT molecular complexity index is 828. The van der Waals surface area contributed by atoms with Crippen molar-refractivity contribution in [2.24, 2.45) is 0 Å². The van der Waals surface area contributed by atoms with Gasteiger partial charge in [-0.25, -0.2) is 4.79 Å². The van der Waals surface area contributed by atoms with Crippen LogP contribution in [0.4, 0.5) is 0 Å². The quantitative estimate of drug-likeness (QED) is 0.808. The van der Waals surface area contributed by atoms with Crippen LogP contribution in [-0.4, -0.2) is 33.5 Å². The average molecular weight is 312 g/mol. The Kier molecular flexibility index (Phi) is 5.34. The van der Waals surface area contributed by atoms with E-state index in [4.69, 9.17) is 0 Å². The van der Waals surface area contributed by atoms with Gasteiger partial charge in [-0.3, -0.25) is 4.57 Å². The van der Waals surface area contributed by atoms with Crippen LogP contribution in [0.3, 0.4) is 0 Å². The summed E-state index contributed by atoms with van der Waals surface area (Å²) in [7, 11) is 4.06. The lowest BCUT2D eigenvalue weighted by Crippen LogP contribution is -2.20. The summed E-state index contributed by atoms with van der Waals surface area (Å²) in [4.78, 5) is 21.4. The van der Waals surface area contributed by atoms with E-state index in [-0.39, 0.29) is 5.69 Å². The first-order valence-corrected chi connectivity index (χ1v) is 7.86. The molecule has 0 aliphatic heterocycles. The zero-order valence-electron chi connectivity index (χ0n) is 14.4. The molecule has 0 saturated heterocycles. The summed E-state index contributed by atoms with van der Waals surface area (Å²) in [6.45, 7) is 6.83. The van der Waals surface area contributed by atoms with E-state index in [0.717, 1.165) is 23.3 Å². The molecule has 23 heavy (non-hydrogen) atoms. The lowest BCUT2D eigenvalue weighted by molar-refractivity contribution is 0.402. The fourth-order valence-corrected chi connectivity index (χ4v) is 2.44.